The lowest BCUT2D eigenvalue weighted by Gasteiger charge is -2.11. The quantitative estimate of drug-likeness (QED) is 0.378. The highest BCUT2D eigenvalue weighted by molar-refractivity contribution is 5.79. The van der Waals surface area contributed by atoms with Crippen molar-refractivity contribution in [3.05, 3.63) is 29.8 Å². The van der Waals surface area contributed by atoms with Crippen molar-refractivity contribution in [1.82, 2.24) is 0 Å². The Balaban J connectivity index is 2.54. The second-order valence-corrected chi connectivity index (χ2v) is 4.75. The number of esters is 1. The highest BCUT2D eigenvalue weighted by Crippen LogP contribution is 2.14. The SMILES string of the molecule is NC(Cc1ccc(OC(=O)C(N)CCC(=O)O)cc1)C(=O)O. The third-order valence-corrected chi connectivity index (χ3v) is 2.89. The number of hydrogen-bond acceptors (Lipinski definition) is 6. The van der Waals surface area contributed by atoms with Gasteiger partial charge in [-0.05, 0) is 30.5 Å². The van der Waals surface area contributed by atoms with Gasteiger partial charge in [0, 0.05) is 6.42 Å². The average Bonchev–Trinajstić information content (AvgIpc) is 2.46. The third-order valence-electron chi connectivity index (χ3n) is 2.89. The van der Waals surface area contributed by atoms with E-state index in [9.17, 15) is 14.4 Å². The summed E-state index contributed by atoms with van der Waals surface area (Å²) >= 11 is 0. The molecule has 6 N–H and O–H groups in total. The summed E-state index contributed by atoms with van der Waals surface area (Å²) in [4.78, 5) is 32.7. The molecule has 0 saturated heterocycles. The summed E-state index contributed by atoms with van der Waals surface area (Å²) in [6.45, 7) is 0. The van der Waals surface area contributed by atoms with Gasteiger partial charge in [-0.25, -0.2) is 4.79 Å². The molecule has 1 rings (SSSR count). The van der Waals surface area contributed by atoms with Gasteiger partial charge in [0.05, 0.1) is 0 Å². The molecule has 0 bridgehead atoms. The highest BCUT2D eigenvalue weighted by atomic mass is 16.5. The van der Waals surface area contributed by atoms with Crippen LogP contribution in [0.2, 0.25) is 0 Å². The first-order valence-electron chi connectivity index (χ1n) is 6.56. The monoisotopic (exact) mass is 310 g/mol. The number of nitrogens with two attached hydrogens (primary N) is 2. The molecule has 1 aromatic carbocycles. The van der Waals surface area contributed by atoms with Crippen LogP contribution in [0.1, 0.15) is 18.4 Å². The molecule has 0 aliphatic carbocycles. The maximum absolute atomic E-state index is 11.6. The normalized spacial score (nSPS) is 13.2. The minimum atomic E-state index is -1.10. The van der Waals surface area contributed by atoms with Gasteiger partial charge in [0.2, 0.25) is 0 Å². The summed E-state index contributed by atoms with van der Waals surface area (Å²) in [7, 11) is 0. The summed E-state index contributed by atoms with van der Waals surface area (Å²) < 4.78 is 5.01. The largest absolute Gasteiger partial charge is 0.481 e. The maximum Gasteiger partial charge on any atom is 0.328 e. The van der Waals surface area contributed by atoms with Crippen LogP contribution in [-0.4, -0.2) is 40.2 Å². The van der Waals surface area contributed by atoms with Crippen molar-refractivity contribution < 1.29 is 29.3 Å². The van der Waals surface area contributed by atoms with E-state index >= 15 is 0 Å². The Hall–Kier alpha value is -2.45. The lowest BCUT2D eigenvalue weighted by atomic mass is 10.1. The van der Waals surface area contributed by atoms with Crippen molar-refractivity contribution in [1.29, 1.82) is 0 Å². The number of rotatable bonds is 8. The summed E-state index contributed by atoms with van der Waals surface area (Å²) in [6.07, 6.45) is -0.0797. The molecule has 0 aliphatic heterocycles. The summed E-state index contributed by atoms with van der Waals surface area (Å²) in [5.74, 6) is -2.62. The van der Waals surface area contributed by atoms with Crippen molar-refractivity contribution >= 4 is 17.9 Å². The van der Waals surface area contributed by atoms with Crippen LogP contribution in [-0.2, 0) is 20.8 Å². The Morgan fingerprint density at radius 2 is 1.64 bits per heavy atom. The molecule has 0 fully saturated rings. The molecule has 8 nitrogen and oxygen atoms in total. The Morgan fingerprint density at radius 1 is 1.05 bits per heavy atom. The number of ether oxygens (including phenoxy) is 1. The standard InChI is InChI=1S/C14H18N2O6/c15-10(5-6-12(17)18)14(21)22-9-3-1-8(2-4-9)7-11(16)13(19)20/h1-4,10-11H,5-7,15-16H2,(H,17,18)(H,19,20). The lowest BCUT2D eigenvalue weighted by molar-refractivity contribution is -0.139. The van der Waals surface area contributed by atoms with Gasteiger partial charge in [-0.3, -0.25) is 9.59 Å². The minimum absolute atomic E-state index is 0.0142. The smallest absolute Gasteiger partial charge is 0.328 e. The van der Waals surface area contributed by atoms with Gasteiger partial charge in [-0.15, -0.1) is 0 Å². The molecule has 0 spiro atoms. The zero-order chi connectivity index (χ0) is 16.7. The number of carboxylic acids is 2. The Bertz CT molecular complexity index is 543. The topological polar surface area (TPSA) is 153 Å². The van der Waals surface area contributed by atoms with E-state index in [-0.39, 0.29) is 25.0 Å². The predicted molar refractivity (Wildman–Crippen MR) is 76.2 cm³/mol. The van der Waals surface area contributed by atoms with E-state index in [0.29, 0.717) is 5.56 Å². The number of carboxylic acid groups (broad SMARTS) is 2. The number of carbonyl (C=O) groups is 3. The molecule has 0 amide bonds. The Morgan fingerprint density at radius 3 is 2.14 bits per heavy atom. The van der Waals surface area contributed by atoms with Crippen molar-refractivity contribution in [2.45, 2.75) is 31.3 Å². The van der Waals surface area contributed by atoms with Crippen molar-refractivity contribution in [2.24, 2.45) is 11.5 Å². The van der Waals surface area contributed by atoms with Gasteiger partial charge in [0.15, 0.2) is 0 Å². The molecular weight excluding hydrogens is 292 g/mol. The van der Waals surface area contributed by atoms with Crippen LogP contribution in [0.4, 0.5) is 0 Å². The minimum Gasteiger partial charge on any atom is -0.481 e. The maximum atomic E-state index is 11.6. The first-order chi connectivity index (χ1) is 10.3. The molecule has 0 saturated carbocycles. The van der Waals surface area contributed by atoms with Crippen LogP contribution in [0.15, 0.2) is 24.3 Å². The third kappa shape index (κ3) is 5.90. The van der Waals surface area contributed by atoms with Gasteiger partial charge < -0.3 is 26.4 Å². The molecule has 0 radical (unpaired) electrons. The van der Waals surface area contributed by atoms with E-state index in [1.807, 2.05) is 0 Å². The predicted octanol–water partition coefficient (Wildman–Crippen LogP) is -0.261. The highest BCUT2D eigenvalue weighted by Gasteiger charge is 2.17. The lowest BCUT2D eigenvalue weighted by Crippen LogP contribution is -2.34. The second-order valence-electron chi connectivity index (χ2n) is 4.75. The molecular formula is C14H18N2O6. The first kappa shape index (κ1) is 17.6. The zero-order valence-electron chi connectivity index (χ0n) is 11.8. The molecule has 0 heterocycles. The summed E-state index contributed by atoms with van der Waals surface area (Å²) in [6, 6.07) is 4.15. The van der Waals surface area contributed by atoms with E-state index in [1.165, 1.54) is 12.1 Å². The fraction of sp³-hybridized carbons (Fsp3) is 0.357. The fourth-order valence-corrected chi connectivity index (χ4v) is 1.62. The van der Waals surface area contributed by atoms with Crippen LogP contribution < -0.4 is 16.2 Å². The molecule has 1 aromatic rings. The number of benzene rings is 1. The molecule has 0 aromatic heterocycles. The van der Waals surface area contributed by atoms with Gasteiger partial charge in [0.1, 0.15) is 17.8 Å². The molecule has 8 heteroatoms. The van der Waals surface area contributed by atoms with Gasteiger partial charge >= 0.3 is 17.9 Å². The number of aliphatic carboxylic acids is 2. The van der Waals surface area contributed by atoms with Crippen molar-refractivity contribution in [3.8, 4) is 5.75 Å². The van der Waals surface area contributed by atoms with Gasteiger partial charge in [0.25, 0.3) is 0 Å². The summed E-state index contributed by atoms with van der Waals surface area (Å²) in [5.41, 5.74) is 11.6. The van der Waals surface area contributed by atoms with Crippen LogP contribution in [0.3, 0.4) is 0 Å². The molecule has 2 atom stereocenters. The van der Waals surface area contributed by atoms with E-state index < -0.39 is 30.0 Å². The zero-order valence-corrected chi connectivity index (χ0v) is 11.8. The van der Waals surface area contributed by atoms with Crippen LogP contribution in [0, 0.1) is 0 Å². The first-order valence-corrected chi connectivity index (χ1v) is 6.56. The van der Waals surface area contributed by atoms with E-state index in [4.69, 9.17) is 26.4 Å². The number of hydrogen-bond donors (Lipinski definition) is 4. The van der Waals surface area contributed by atoms with Gasteiger partial charge in [-0.2, -0.15) is 0 Å². The molecule has 120 valence electrons. The van der Waals surface area contributed by atoms with E-state index in [2.05, 4.69) is 0 Å². The van der Waals surface area contributed by atoms with Crippen LogP contribution >= 0.6 is 0 Å². The molecule has 22 heavy (non-hydrogen) atoms. The van der Waals surface area contributed by atoms with Crippen LogP contribution in [0.25, 0.3) is 0 Å². The Labute approximate surface area is 126 Å². The summed E-state index contributed by atoms with van der Waals surface area (Å²) in [5, 5.41) is 17.2. The van der Waals surface area contributed by atoms with Gasteiger partial charge in [-0.1, -0.05) is 12.1 Å². The van der Waals surface area contributed by atoms with E-state index in [1.54, 1.807) is 12.1 Å². The fourth-order valence-electron chi connectivity index (χ4n) is 1.62. The Kier molecular flexibility index (Phi) is 6.48. The van der Waals surface area contributed by atoms with Crippen LogP contribution in [0.5, 0.6) is 5.75 Å². The van der Waals surface area contributed by atoms with Crippen molar-refractivity contribution in [3.63, 3.8) is 0 Å². The average molecular weight is 310 g/mol. The van der Waals surface area contributed by atoms with Crippen molar-refractivity contribution in [2.75, 3.05) is 0 Å². The second kappa shape index (κ2) is 8.11. The van der Waals surface area contributed by atoms with E-state index in [0.717, 1.165) is 0 Å². The number of carbonyl (C=O) groups excluding carboxylic acids is 1. The molecule has 2 unspecified atom stereocenters. The molecule has 0 aliphatic rings.